The Morgan fingerprint density at radius 1 is 1.22 bits per heavy atom. The number of para-hydroxylation sites is 1. The van der Waals surface area contributed by atoms with Gasteiger partial charge in [0.15, 0.2) is 11.3 Å². The predicted molar refractivity (Wildman–Crippen MR) is 65.4 cm³/mol. The second-order valence-corrected chi connectivity index (χ2v) is 4.91. The molecular weight excluding hydrogens is 257 g/mol. The first kappa shape index (κ1) is 13.0. The van der Waals surface area contributed by atoms with Crippen molar-refractivity contribution in [2.75, 3.05) is 13.2 Å². The summed E-state index contributed by atoms with van der Waals surface area (Å²) < 4.78 is 27.7. The summed E-state index contributed by atoms with van der Waals surface area (Å²) in [5.41, 5.74) is 1.10. The molecule has 1 N–H and O–H groups in total. The molecule has 0 amide bonds. The summed E-state index contributed by atoms with van der Waals surface area (Å²) in [5, 5.41) is 10.3. The number of nitrogens with zero attached hydrogens (tertiary/aromatic N) is 2. The number of aromatic amines is 1. The molecule has 2 rings (SSSR count). The van der Waals surface area contributed by atoms with E-state index in [1.165, 1.54) is 0 Å². The van der Waals surface area contributed by atoms with Gasteiger partial charge in [0, 0.05) is 0 Å². The highest BCUT2D eigenvalue weighted by Gasteiger charge is 2.28. The molecule has 1 aromatic heterocycles. The van der Waals surface area contributed by atoms with Crippen molar-refractivity contribution >= 4 is 18.9 Å². The van der Waals surface area contributed by atoms with Crippen LogP contribution in [0.25, 0.3) is 11.0 Å². The summed E-state index contributed by atoms with van der Waals surface area (Å²) in [5.74, 6) is 0.312. The molecule has 98 valence electrons. The lowest BCUT2D eigenvalue weighted by Gasteiger charge is -2.16. The quantitative estimate of drug-likeness (QED) is 0.812. The minimum atomic E-state index is -3.60. The zero-order valence-electron chi connectivity index (χ0n) is 10.1. The van der Waals surface area contributed by atoms with E-state index in [2.05, 4.69) is 15.4 Å². The molecule has 0 atom stereocenters. The van der Waals surface area contributed by atoms with Gasteiger partial charge in [0.2, 0.25) is 0 Å². The van der Waals surface area contributed by atoms with Crippen LogP contribution in [0.1, 0.15) is 13.8 Å². The maximum atomic E-state index is 12.2. The molecule has 0 unspecified atom stereocenters. The highest BCUT2D eigenvalue weighted by molar-refractivity contribution is 7.48. The molecule has 0 aliphatic rings. The predicted octanol–water partition coefficient (Wildman–Crippen LogP) is 2.52. The van der Waals surface area contributed by atoms with E-state index in [1.54, 1.807) is 32.0 Å². The summed E-state index contributed by atoms with van der Waals surface area (Å²) in [4.78, 5) is 0. The molecule has 0 radical (unpaired) electrons. The van der Waals surface area contributed by atoms with Gasteiger partial charge in [-0.3, -0.25) is 9.05 Å². The van der Waals surface area contributed by atoms with Crippen LogP contribution in [0.15, 0.2) is 18.2 Å². The molecule has 0 spiro atoms. The lowest BCUT2D eigenvalue weighted by molar-refractivity contribution is 0.168. The minimum Gasteiger partial charge on any atom is -0.402 e. The van der Waals surface area contributed by atoms with Crippen LogP contribution in [0.4, 0.5) is 0 Å². The van der Waals surface area contributed by atoms with Crippen LogP contribution in [0.5, 0.6) is 5.75 Å². The van der Waals surface area contributed by atoms with Gasteiger partial charge in [0.1, 0.15) is 5.52 Å². The monoisotopic (exact) mass is 271 g/mol. The van der Waals surface area contributed by atoms with E-state index in [0.29, 0.717) is 16.8 Å². The maximum Gasteiger partial charge on any atom is 0.530 e. The van der Waals surface area contributed by atoms with Crippen LogP contribution in [0.3, 0.4) is 0 Å². The van der Waals surface area contributed by atoms with Crippen molar-refractivity contribution in [2.45, 2.75) is 13.8 Å². The summed E-state index contributed by atoms with van der Waals surface area (Å²) >= 11 is 0. The number of benzene rings is 1. The molecule has 1 aromatic carbocycles. The van der Waals surface area contributed by atoms with E-state index in [0.717, 1.165) is 0 Å². The maximum absolute atomic E-state index is 12.2. The van der Waals surface area contributed by atoms with E-state index in [4.69, 9.17) is 13.6 Å². The van der Waals surface area contributed by atoms with E-state index < -0.39 is 7.82 Å². The van der Waals surface area contributed by atoms with Gasteiger partial charge < -0.3 is 4.52 Å². The Hall–Kier alpha value is -1.43. The fraction of sp³-hybridized carbons (Fsp3) is 0.400. The smallest absolute Gasteiger partial charge is 0.402 e. The molecule has 8 heteroatoms. The highest BCUT2D eigenvalue weighted by Crippen LogP contribution is 2.50. The number of fused-ring (bicyclic) bond motifs is 1. The average Bonchev–Trinajstić information content (AvgIpc) is 2.78. The Labute approximate surface area is 104 Å². The molecule has 18 heavy (non-hydrogen) atoms. The first-order valence-electron chi connectivity index (χ1n) is 5.56. The molecule has 0 bridgehead atoms. The van der Waals surface area contributed by atoms with Crippen molar-refractivity contribution in [3.05, 3.63) is 18.2 Å². The third kappa shape index (κ3) is 2.69. The standard InChI is InChI=1S/C10H14N3O4P/c1-3-15-18(14,16-4-2)17-9-7-5-6-8-10(9)12-13-11-8/h5-7H,3-4H2,1-2H3,(H,11,12,13). The van der Waals surface area contributed by atoms with E-state index in [1.807, 2.05) is 0 Å². The SMILES string of the molecule is CCOP(=O)(OCC)Oc1cccc2n[nH]nc12. The summed E-state index contributed by atoms with van der Waals surface area (Å²) in [7, 11) is -3.60. The number of phosphoric ester groups is 1. The molecule has 2 aromatic rings. The van der Waals surface area contributed by atoms with E-state index >= 15 is 0 Å². The minimum absolute atomic E-state index is 0.228. The third-order valence-corrected chi connectivity index (χ3v) is 3.66. The normalized spacial score (nSPS) is 11.9. The molecule has 0 fully saturated rings. The Morgan fingerprint density at radius 3 is 2.61 bits per heavy atom. The fourth-order valence-electron chi connectivity index (χ4n) is 1.44. The average molecular weight is 271 g/mol. The number of nitrogens with one attached hydrogen (secondary N) is 1. The second-order valence-electron chi connectivity index (χ2n) is 3.32. The zero-order chi connectivity index (χ0) is 13.0. The van der Waals surface area contributed by atoms with Crippen molar-refractivity contribution in [3.63, 3.8) is 0 Å². The molecule has 7 nitrogen and oxygen atoms in total. The van der Waals surface area contributed by atoms with Crippen molar-refractivity contribution < 1.29 is 18.1 Å². The van der Waals surface area contributed by atoms with Crippen LogP contribution >= 0.6 is 7.82 Å². The number of phosphoric acid groups is 1. The molecule has 0 aliphatic heterocycles. The van der Waals surface area contributed by atoms with Gasteiger partial charge in [-0.25, -0.2) is 4.57 Å². The Kier molecular flexibility index (Phi) is 3.96. The Balaban J connectivity index is 2.31. The van der Waals surface area contributed by atoms with Crippen LogP contribution in [-0.2, 0) is 13.6 Å². The van der Waals surface area contributed by atoms with Gasteiger partial charge in [-0.15, -0.1) is 0 Å². The number of hydrogen-bond acceptors (Lipinski definition) is 6. The first-order chi connectivity index (χ1) is 8.68. The van der Waals surface area contributed by atoms with Crippen molar-refractivity contribution in [2.24, 2.45) is 0 Å². The lowest BCUT2D eigenvalue weighted by atomic mass is 10.3. The van der Waals surface area contributed by atoms with Crippen molar-refractivity contribution in [3.8, 4) is 5.75 Å². The number of rotatable bonds is 6. The van der Waals surface area contributed by atoms with E-state index in [-0.39, 0.29) is 13.2 Å². The van der Waals surface area contributed by atoms with Gasteiger partial charge in [-0.2, -0.15) is 15.4 Å². The largest absolute Gasteiger partial charge is 0.530 e. The first-order valence-corrected chi connectivity index (χ1v) is 7.03. The van der Waals surface area contributed by atoms with E-state index in [9.17, 15) is 4.57 Å². The highest BCUT2D eigenvalue weighted by atomic mass is 31.2. The van der Waals surface area contributed by atoms with Crippen molar-refractivity contribution in [1.82, 2.24) is 15.4 Å². The molecule has 0 saturated heterocycles. The van der Waals surface area contributed by atoms with Gasteiger partial charge in [-0.05, 0) is 26.0 Å². The van der Waals surface area contributed by atoms with Crippen LogP contribution in [0.2, 0.25) is 0 Å². The number of hydrogen-bond donors (Lipinski definition) is 1. The van der Waals surface area contributed by atoms with Crippen LogP contribution < -0.4 is 4.52 Å². The molecule has 0 saturated carbocycles. The molecule has 0 aliphatic carbocycles. The summed E-state index contributed by atoms with van der Waals surface area (Å²) in [6.07, 6.45) is 0. The Bertz CT molecular complexity index is 561. The molecule has 1 heterocycles. The van der Waals surface area contributed by atoms with Gasteiger partial charge >= 0.3 is 7.82 Å². The van der Waals surface area contributed by atoms with Gasteiger partial charge in [0.25, 0.3) is 0 Å². The summed E-state index contributed by atoms with van der Waals surface area (Å²) in [6, 6.07) is 5.12. The van der Waals surface area contributed by atoms with Gasteiger partial charge in [-0.1, -0.05) is 6.07 Å². The van der Waals surface area contributed by atoms with Gasteiger partial charge in [0.05, 0.1) is 13.2 Å². The fourth-order valence-corrected chi connectivity index (χ4v) is 2.64. The lowest BCUT2D eigenvalue weighted by Crippen LogP contribution is -2.02. The third-order valence-electron chi connectivity index (χ3n) is 2.09. The number of aromatic nitrogens is 3. The second kappa shape index (κ2) is 5.48. The Morgan fingerprint density at radius 2 is 1.94 bits per heavy atom. The molecular formula is C10H14N3O4P. The van der Waals surface area contributed by atoms with Crippen LogP contribution in [-0.4, -0.2) is 28.6 Å². The van der Waals surface area contributed by atoms with Crippen LogP contribution in [0, 0.1) is 0 Å². The zero-order valence-corrected chi connectivity index (χ0v) is 11.0. The topological polar surface area (TPSA) is 86.3 Å². The number of H-pyrrole nitrogens is 1. The van der Waals surface area contributed by atoms with Crippen molar-refractivity contribution in [1.29, 1.82) is 0 Å². The summed E-state index contributed by atoms with van der Waals surface area (Å²) in [6.45, 7) is 3.88.